The van der Waals surface area contributed by atoms with Crippen LogP contribution in [0.3, 0.4) is 0 Å². The minimum atomic E-state index is 0. The smallest absolute Gasteiger partial charge is 0.0486 e. The van der Waals surface area contributed by atoms with E-state index in [0.29, 0.717) is 0 Å². The van der Waals surface area contributed by atoms with Crippen LogP contribution in [-0.2, 0) is 19.6 Å². The van der Waals surface area contributed by atoms with Crippen molar-refractivity contribution in [2.45, 2.75) is 19.6 Å². The van der Waals surface area contributed by atoms with Crippen molar-refractivity contribution >= 4 is 34.9 Å². The van der Waals surface area contributed by atoms with Crippen molar-refractivity contribution in [3.05, 3.63) is 107 Å². The van der Waals surface area contributed by atoms with E-state index in [1.807, 2.05) is 12.1 Å². The largest absolute Gasteiger partial charge is 0.343 e. The Balaban J connectivity index is 0.00000210. The Kier molecular flexibility index (Phi) is 6.57. The SMILES string of the molecule is Cl.Clc1ccc(CNCc2cn(Cc3ccccc3)c3ccccc23)cc1. The first-order valence-corrected chi connectivity index (χ1v) is 9.23. The third-order valence-electron chi connectivity index (χ3n) is 4.62. The fourth-order valence-electron chi connectivity index (χ4n) is 3.32. The zero-order chi connectivity index (χ0) is 17.8. The van der Waals surface area contributed by atoms with Gasteiger partial charge in [0.15, 0.2) is 0 Å². The van der Waals surface area contributed by atoms with E-state index in [1.165, 1.54) is 27.6 Å². The normalized spacial score (nSPS) is 10.7. The summed E-state index contributed by atoms with van der Waals surface area (Å²) in [5.74, 6) is 0. The molecule has 138 valence electrons. The van der Waals surface area contributed by atoms with Gasteiger partial charge in [-0.2, -0.15) is 0 Å². The summed E-state index contributed by atoms with van der Waals surface area (Å²) in [4.78, 5) is 0. The molecule has 3 aromatic carbocycles. The highest BCUT2D eigenvalue weighted by Crippen LogP contribution is 2.22. The molecule has 27 heavy (non-hydrogen) atoms. The zero-order valence-electron chi connectivity index (χ0n) is 14.9. The van der Waals surface area contributed by atoms with Crippen LogP contribution in [0.25, 0.3) is 10.9 Å². The average Bonchev–Trinajstić information content (AvgIpc) is 3.02. The van der Waals surface area contributed by atoms with E-state index >= 15 is 0 Å². The topological polar surface area (TPSA) is 17.0 Å². The number of para-hydroxylation sites is 1. The second kappa shape index (κ2) is 9.09. The van der Waals surface area contributed by atoms with E-state index in [9.17, 15) is 0 Å². The summed E-state index contributed by atoms with van der Waals surface area (Å²) in [6, 6.07) is 27.2. The van der Waals surface area contributed by atoms with Crippen LogP contribution in [0.15, 0.2) is 85.1 Å². The number of rotatable bonds is 6. The van der Waals surface area contributed by atoms with E-state index in [0.717, 1.165) is 24.7 Å². The van der Waals surface area contributed by atoms with Gasteiger partial charge in [-0.25, -0.2) is 0 Å². The molecule has 0 aliphatic heterocycles. The minimum Gasteiger partial charge on any atom is -0.343 e. The number of hydrogen-bond donors (Lipinski definition) is 1. The van der Waals surface area contributed by atoms with Crippen LogP contribution in [0, 0.1) is 0 Å². The van der Waals surface area contributed by atoms with Gasteiger partial charge in [-0.15, -0.1) is 12.4 Å². The van der Waals surface area contributed by atoms with E-state index in [4.69, 9.17) is 11.6 Å². The molecule has 0 unspecified atom stereocenters. The Morgan fingerprint density at radius 2 is 1.44 bits per heavy atom. The molecule has 0 aliphatic carbocycles. The molecular weight excluding hydrogens is 375 g/mol. The summed E-state index contributed by atoms with van der Waals surface area (Å²) >= 11 is 5.95. The van der Waals surface area contributed by atoms with E-state index < -0.39 is 0 Å². The van der Waals surface area contributed by atoms with Crippen molar-refractivity contribution in [3.8, 4) is 0 Å². The minimum absolute atomic E-state index is 0. The molecule has 0 amide bonds. The molecule has 1 N–H and O–H groups in total. The zero-order valence-corrected chi connectivity index (χ0v) is 16.5. The maximum absolute atomic E-state index is 5.95. The lowest BCUT2D eigenvalue weighted by Gasteiger charge is -2.05. The highest BCUT2D eigenvalue weighted by Gasteiger charge is 2.08. The molecule has 2 nitrogen and oxygen atoms in total. The third-order valence-corrected chi connectivity index (χ3v) is 4.88. The van der Waals surface area contributed by atoms with Crippen LogP contribution >= 0.6 is 24.0 Å². The number of benzene rings is 3. The van der Waals surface area contributed by atoms with Crippen LogP contribution < -0.4 is 5.32 Å². The maximum Gasteiger partial charge on any atom is 0.0486 e. The second-order valence-corrected chi connectivity index (χ2v) is 6.95. The first kappa shape index (κ1) is 19.5. The van der Waals surface area contributed by atoms with Crippen molar-refractivity contribution in [3.63, 3.8) is 0 Å². The molecule has 0 atom stereocenters. The van der Waals surface area contributed by atoms with Gasteiger partial charge in [-0.05, 0) is 34.9 Å². The second-order valence-electron chi connectivity index (χ2n) is 6.52. The van der Waals surface area contributed by atoms with Crippen LogP contribution in [0.5, 0.6) is 0 Å². The molecular formula is C23H22Cl2N2. The van der Waals surface area contributed by atoms with E-state index in [1.54, 1.807) is 0 Å². The van der Waals surface area contributed by atoms with Crippen molar-refractivity contribution in [1.29, 1.82) is 0 Å². The van der Waals surface area contributed by atoms with E-state index in [2.05, 4.69) is 82.8 Å². The monoisotopic (exact) mass is 396 g/mol. The lowest BCUT2D eigenvalue weighted by molar-refractivity contribution is 0.692. The number of nitrogens with zero attached hydrogens (tertiary/aromatic N) is 1. The molecule has 4 rings (SSSR count). The van der Waals surface area contributed by atoms with Gasteiger partial charge < -0.3 is 9.88 Å². The van der Waals surface area contributed by atoms with Gasteiger partial charge in [0.25, 0.3) is 0 Å². The summed E-state index contributed by atoms with van der Waals surface area (Å²) in [5.41, 5.74) is 5.15. The van der Waals surface area contributed by atoms with Crippen molar-refractivity contribution < 1.29 is 0 Å². The molecule has 4 aromatic rings. The van der Waals surface area contributed by atoms with Gasteiger partial charge in [-0.3, -0.25) is 0 Å². The quantitative estimate of drug-likeness (QED) is 0.419. The maximum atomic E-state index is 5.95. The summed E-state index contributed by atoms with van der Waals surface area (Å²) < 4.78 is 2.34. The predicted molar refractivity (Wildman–Crippen MR) is 117 cm³/mol. The molecule has 4 heteroatoms. The van der Waals surface area contributed by atoms with Gasteiger partial charge in [-0.1, -0.05) is 72.3 Å². The Hall–Kier alpha value is -2.26. The van der Waals surface area contributed by atoms with Crippen LogP contribution in [0.2, 0.25) is 5.02 Å². The van der Waals surface area contributed by atoms with Crippen molar-refractivity contribution in [2.75, 3.05) is 0 Å². The molecule has 1 heterocycles. The molecule has 1 aromatic heterocycles. The van der Waals surface area contributed by atoms with Gasteiger partial charge in [0.05, 0.1) is 0 Å². The number of fused-ring (bicyclic) bond motifs is 1. The number of hydrogen-bond acceptors (Lipinski definition) is 1. The van der Waals surface area contributed by atoms with Crippen molar-refractivity contribution in [2.24, 2.45) is 0 Å². The Labute approximate surface area is 171 Å². The van der Waals surface area contributed by atoms with Gasteiger partial charge in [0.2, 0.25) is 0 Å². The average molecular weight is 397 g/mol. The first-order valence-electron chi connectivity index (χ1n) is 8.85. The molecule has 0 saturated carbocycles. The van der Waals surface area contributed by atoms with Gasteiger partial charge in [0.1, 0.15) is 0 Å². The predicted octanol–water partition coefficient (Wildman–Crippen LogP) is 6.05. The fraction of sp³-hybridized carbons (Fsp3) is 0.130. The molecule has 0 fully saturated rings. The highest BCUT2D eigenvalue weighted by atomic mass is 35.5. The van der Waals surface area contributed by atoms with E-state index in [-0.39, 0.29) is 12.4 Å². The fourth-order valence-corrected chi connectivity index (χ4v) is 3.44. The Morgan fingerprint density at radius 1 is 0.741 bits per heavy atom. The molecule has 0 spiro atoms. The number of nitrogens with one attached hydrogen (secondary N) is 1. The molecule has 0 bridgehead atoms. The summed E-state index contributed by atoms with van der Waals surface area (Å²) in [6.45, 7) is 2.55. The standard InChI is InChI=1S/C23H21ClN2.ClH/c24-21-12-10-18(11-13-21)14-25-15-20-17-26(16-19-6-2-1-3-7-19)23-9-5-4-8-22(20)23;/h1-13,17,25H,14-16H2;1H. The summed E-state index contributed by atoms with van der Waals surface area (Å²) in [7, 11) is 0. The van der Waals surface area contributed by atoms with Crippen LogP contribution in [-0.4, -0.2) is 4.57 Å². The lowest BCUT2D eigenvalue weighted by atomic mass is 10.1. The summed E-state index contributed by atoms with van der Waals surface area (Å²) in [5, 5.41) is 5.64. The summed E-state index contributed by atoms with van der Waals surface area (Å²) in [6.07, 6.45) is 2.27. The molecule has 0 radical (unpaired) electrons. The highest BCUT2D eigenvalue weighted by molar-refractivity contribution is 6.30. The Bertz CT molecular complexity index is 992. The number of aromatic nitrogens is 1. The Morgan fingerprint density at radius 3 is 2.22 bits per heavy atom. The number of halogens is 2. The van der Waals surface area contributed by atoms with Crippen LogP contribution in [0.1, 0.15) is 16.7 Å². The van der Waals surface area contributed by atoms with Crippen molar-refractivity contribution in [1.82, 2.24) is 9.88 Å². The van der Waals surface area contributed by atoms with Crippen LogP contribution in [0.4, 0.5) is 0 Å². The lowest BCUT2D eigenvalue weighted by Crippen LogP contribution is -2.12. The third kappa shape index (κ3) is 4.72. The van der Waals surface area contributed by atoms with Gasteiger partial charge in [0, 0.05) is 41.8 Å². The van der Waals surface area contributed by atoms with Gasteiger partial charge >= 0.3 is 0 Å². The molecule has 0 aliphatic rings. The molecule has 0 saturated heterocycles. The first-order chi connectivity index (χ1) is 12.8.